The van der Waals surface area contributed by atoms with Crippen molar-refractivity contribution in [2.45, 2.75) is 0 Å². The SMILES string of the molecule is CS(=O)(=O)Nc1ccc2[nH]cc(/C=C3/C(=O)Nc4ccccc43)c2c1. The molecule has 0 unspecified atom stereocenters. The molecule has 0 fully saturated rings. The first-order valence-electron chi connectivity index (χ1n) is 7.62. The van der Waals surface area contributed by atoms with E-state index in [0.717, 1.165) is 34.0 Å². The first-order chi connectivity index (χ1) is 11.9. The van der Waals surface area contributed by atoms with Gasteiger partial charge in [0.1, 0.15) is 0 Å². The molecule has 7 heteroatoms. The molecule has 0 spiro atoms. The Hall–Kier alpha value is -3.06. The van der Waals surface area contributed by atoms with Crippen LogP contribution in [-0.4, -0.2) is 25.6 Å². The smallest absolute Gasteiger partial charge is 0.256 e. The number of hydrogen-bond donors (Lipinski definition) is 3. The number of aromatic nitrogens is 1. The lowest BCUT2D eigenvalue weighted by molar-refractivity contribution is -0.110. The van der Waals surface area contributed by atoms with Crippen molar-refractivity contribution in [3.8, 4) is 0 Å². The van der Waals surface area contributed by atoms with Crippen LogP contribution in [0.1, 0.15) is 11.1 Å². The van der Waals surface area contributed by atoms with Gasteiger partial charge in [-0.15, -0.1) is 0 Å². The summed E-state index contributed by atoms with van der Waals surface area (Å²) in [6.45, 7) is 0. The molecule has 25 heavy (non-hydrogen) atoms. The number of amides is 1. The van der Waals surface area contributed by atoms with E-state index in [4.69, 9.17) is 0 Å². The van der Waals surface area contributed by atoms with Crippen LogP contribution in [-0.2, 0) is 14.8 Å². The number of carbonyl (C=O) groups excluding carboxylic acids is 1. The summed E-state index contributed by atoms with van der Waals surface area (Å²) in [5, 5.41) is 3.67. The molecule has 0 atom stereocenters. The Bertz CT molecular complexity index is 1140. The van der Waals surface area contributed by atoms with Gasteiger partial charge in [-0.1, -0.05) is 18.2 Å². The molecule has 6 nitrogen and oxygen atoms in total. The summed E-state index contributed by atoms with van der Waals surface area (Å²) in [4.78, 5) is 15.4. The van der Waals surface area contributed by atoms with Crippen molar-refractivity contribution in [2.24, 2.45) is 0 Å². The second kappa shape index (κ2) is 5.49. The van der Waals surface area contributed by atoms with E-state index in [1.807, 2.05) is 30.3 Å². The Morgan fingerprint density at radius 2 is 1.92 bits per heavy atom. The molecule has 0 aliphatic carbocycles. The van der Waals surface area contributed by atoms with E-state index < -0.39 is 10.0 Å². The Kier molecular flexibility index (Phi) is 3.40. The number of nitrogens with one attached hydrogen (secondary N) is 3. The van der Waals surface area contributed by atoms with Crippen LogP contribution in [0.25, 0.3) is 22.6 Å². The highest BCUT2D eigenvalue weighted by atomic mass is 32.2. The van der Waals surface area contributed by atoms with Gasteiger partial charge in [-0.3, -0.25) is 9.52 Å². The number of anilines is 2. The van der Waals surface area contributed by atoms with E-state index in [1.165, 1.54) is 0 Å². The number of H-pyrrole nitrogens is 1. The topological polar surface area (TPSA) is 91.1 Å². The van der Waals surface area contributed by atoms with Crippen LogP contribution < -0.4 is 10.0 Å². The minimum Gasteiger partial charge on any atom is -0.361 e. The molecule has 2 aromatic carbocycles. The normalized spacial score (nSPS) is 15.4. The van der Waals surface area contributed by atoms with Gasteiger partial charge < -0.3 is 10.3 Å². The van der Waals surface area contributed by atoms with Gasteiger partial charge in [0.15, 0.2) is 0 Å². The van der Waals surface area contributed by atoms with Gasteiger partial charge in [0.05, 0.1) is 6.26 Å². The van der Waals surface area contributed by atoms with Crippen LogP contribution >= 0.6 is 0 Å². The Morgan fingerprint density at radius 3 is 2.72 bits per heavy atom. The number of hydrogen-bond acceptors (Lipinski definition) is 3. The fourth-order valence-electron chi connectivity index (χ4n) is 2.98. The highest BCUT2D eigenvalue weighted by Gasteiger charge is 2.23. The van der Waals surface area contributed by atoms with E-state index in [2.05, 4.69) is 15.0 Å². The molecule has 3 N–H and O–H groups in total. The zero-order valence-electron chi connectivity index (χ0n) is 13.3. The second-order valence-corrected chi connectivity index (χ2v) is 7.68. The molecule has 0 radical (unpaired) electrons. The summed E-state index contributed by atoms with van der Waals surface area (Å²) < 4.78 is 25.3. The quantitative estimate of drug-likeness (QED) is 0.632. The van der Waals surface area contributed by atoms with E-state index >= 15 is 0 Å². The summed E-state index contributed by atoms with van der Waals surface area (Å²) in [5.41, 5.74) is 4.38. The average molecular weight is 353 g/mol. The van der Waals surface area contributed by atoms with Gasteiger partial charge in [0.2, 0.25) is 10.0 Å². The van der Waals surface area contributed by atoms with E-state index in [0.29, 0.717) is 11.3 Å². The number of aromatic amines is 1. The number of benzene rings is 2. The van der Waals surface area contributed by atoms with Crippen LogP contribution in [0.2, 0.25) is 0 Å². The third kappa shape index (κ3) is 2.89. The molecule has 2 heterocycles. The van der Waals surface area contributed by atoms with Crippen molar-refractivity contribution in [3.05, 3.63) is 59.8 Å². The molecule has 1 aliphatic rings. The fourth-order valence-corrected chi connectivity index (χ4v) is 3.53. The first-order valence-corrected chi connectivity index (χ1v) is 9.51. The highest BCUT2D eigenvalue weighted by Crippen LogP contribution is 2.34. The van der Waals surface area contributed by atoms with Gasteiger partial charge >= 0.3 is 0 Å². The summed E-state index contributed by atoms with van der Waals surface area (Å²) in [6, 6.07) is 12.7. The standard InChI is InChI=1S/C18H15N3O3S/c1-25(23,24)21-12-6-7-16-14(9-12)11(10-19-16)8-15-13-4-2-3-5-17(13)20-18(15)22/h2-10,19,21H,1H3,(H,20,22)/b15-8+. The van der Waals surface area contributed by atoms with E-state index in [9.17, 15) is 13.2 Å². The van der Waals surface area contributed by atoms with Crippen LogP contribution in [0.5, 0.6) is 0 Å². The number of sulfonamides is 1. The van der Waals surface area contributed by atoms with Gasteiger partial charge in [-0.05, 0) is 30.3 Å². The minimum atomic E-state index is -3.35. The third-order valence-corrected chi connectivity index (χ3v) is 4.63. The van der Waals surface area contributed by atoms with Crippen LogP contribution in [0.4, 0.5) is 11.4 Å². The maximum Gasteiger partial charge on any atom is 0.256 e. The van der Waals surface area contributed by atoms with Gasteiger partial charge in [0.25, 0.3) is 5.91 Å². The van der Waals surface area contributed by atoms with Gasteiger partial charge in [-0.25, -0.2) is 8.42 Å². The molecule has 126 valence electrons. The lowest BCUT2D eigenvalue weighted by Gasteiger charge is -2.04. The average Bonchev–Trinajstić information content (AvgIpc) is 3.08. The fraction of sp³-hybridized carbons (Fsp3) is 0.0556. The predicted molar refractivity (Wildman–Crippen MR) is 99.7 cm³/mol. The molecule has 0 bridgehead atoms. The van der Waals surface area contributed by atoms with Crippen LogP contribution in [0.15, 0.2) is 48.7 Å². The molecular formula is C18H15N3O3S. The maximum absolute atomic E-state index is 12.3. The van der Waals surface area contributed by atoms with Crippen LogP contribution in [0, 0.1) is 0 Å². The minimum absolute atomic E-state index is 0.152. The van der Waals surface area contributed by atoms with Gasteiger partial charge in [-0.2, -0.15) is 0 Å². The lowest BCUT2D eigenvalue weighted by Crippen LogP contribution is -2.09. The summed E-state index contributed by atoms with van der Waals surface area (Å²) in [6.07, 6.45) is 4.72. The number of fused-ring (bicyclic) bond motifs is 2. The van der Waals surface area contributed by atoms with Crippen molar-refractivity contribution in [1.82, 2.24) is 4.98 Å². The highest BCUT2D eigenvalue weighted by molar-refractivity contribution is 7.92. The van der Waals surface area contributed by atoms with E-state index in [1.54, 1.807) is 24.4 Å². The van der Waals surface area contributed by atoms with Crippen molar-refractivity contribution in [2.75, 3.05) is 16.3 Å². The molecule has 1 amide bonds. The molecule has 0 saturated heterocycles. The summed E-state index contributed by atoms with van der Waals surface area (Å²) in [5.74, 6) is -0.152. The molecule has 1 aliphatic heterocycles. The summed E-state index contributed by atoms with van der Waals surface area (Å²) >= 11 is 0. The number of para-hydroxylation sites is 1. The summed E-state index contributed by atoms with van der Waals surface area (Å²) in [7, 11) is -3.35. The van der Waals surface area contributed by atoms with Crippen molar-refractivity contribution >= 4 is 49.9 Å². The molecule has 0 saturated carbocycles. The van der Waals surface area contributed by atoms with Gasteiger partial charge in [0, 0.05) is 45.2 Å². The second-order valence-electron chi connectivity index (χ2n) is 5.94. The zero-order chi connectivity index (χ0) is 17.6. The molecular weight excluding hydrogens is 338 g/mol. The van der Waals surface area contributed by atoms with Crippen LogP contribution in [0.3, 0.4) is 0 Å². The maximum atomic E-state index is 12.3. The Morgan fingerprint density at radius 1 is 1.12 bits per heavy atom. The van der Waals surface area contributed by atoms with Crippen molar-refractivity contribution in [1.29, 1.82) is 0 Å². The van der Waals surface area contributed by atoms with E-state index in [-0.39, 0.29) is 5.91 Å². The number of carbonyl (C=O) groups is 1. The molecule has 3 aromatic rings. The van der Waals surface area contributed by atoms with Crippen molar-refractivity contribution in [3.63, 3.8) is 0 Å². The lowest BCUT2D eigenvalue weighted by atomic mass is 10.0. The largest absolute Gasteiger partial charge is 0.361 e. The molecule has 4 rings (SSSR count). The first kappa shape index (κ1) is 15.5. The Labute approximate surface area is 144 Å². The predicted octanol–water partition coefficient (Wildman–Crippen LogP) is 3.03. The van der Waals surface area contributed by atoms with Crippen molar-refractivity contribution < 1.29 is 13.2 Å². The Balaban J connectivity index is 1.82. The molecule has 1 aromatic heterocycles. The zero-order valence-corrected chi connectivity index (χ0v) is 14.1. The monoisotopic (exact) mass is 353 g/mol. The third-order valence-electron chi connectivity index (χ3n) is 4.03. The number of rotatable bonds is 3.